The van der Waals surface area contributed by atoms with Crippen molar-refractivity contribution in [1.29, 1.82) is 0 Å². The van der Waals surface area contributed by atoms with Crippen molar-refractivity contribution in [2.45, 2.75) is 49.7 Å². The minimum absolute atomic E-state index is 0.101. The van der Waals surface area contributed by atoms with Gasteiger partial charge in [0.15, 0.2) is 46.0 Å². The highest BCUT2D eigenvalue weighted by molar-refractivity contribution is 5.81. The molecule has 2 saturated carbocycles. The number of hydrogen-bond donors (Lipinski definition) is 0. The van der Waals surface area contributed by atoms with Gasteiger partial charge in [-0.3, -0.25) is 19.2 Å². The third kappa shape index (κ3) is 8.01. The summed E-state index contributed by atoms with van der Waals surface area (Å²) in [5.41, 5.74) is 4.82. The Hall–Kier alpha value is -7.76. The molecule has 10 aliphatic rings. The normalized spacial score (nSPS) is 30.9. The molecule has 0 radical (unpaired) electrons. The van der Waals surface area contributed by atoms with Crippen LogP contribution in [0.4, 0.5) is 0 Å². The average Bonchev–Trinajstić information content (AvgIpc) is 4.50. The maximum atomic E-state index is 13.5. The lowest BCUT2D eigenvalue weighted by atomic mass is 9.66. The van der Waals surface area contributed by atoms with Crippen LogP contribution in [0, 0.1) is 59.2 Å². The highest BCUT2D eigenvalue weighted by Gasteiger charge is 2.57. The van der Waals surface area contributed by atoms with E-state index in [2.05, 4.69) is 24.3 Å². The zero-order valence-corrected chi connectivity index (χ0v) is 44.0. The number of fused-ring (bicyclic) bond motifs is 10. The largest absolute Gasteiger partial charge is 0.493 e. The van der Waals surface area contributed by atoms with Gasteiger partial charge in [-0.1, -0.05) is 24.3 Å². The molecule has 4 heterocycles. The summed E-state index contributed by atoms with van der Waals surface area (Å²) in [5.74, 6) is 2.31. The molecule has 0 aromatic heterocycles. The zero-order valence-electron chi connectivity index (χ0n) is 44.0. The van der Waals surface area contributed by atoms with Crippen molar-refractivity contribution in [2.75, 3.05) is 69.5 Å². The summed E-state index contributed by atoms with van der Waals surface area (Å²) < 4.78 is 80.3. The fourth-order valence-electron chi connectivity index (χ4n) is 14.4. The molecule has 4 bridgehead atoms. The lowest BCUT2D eigenvalue weighted by molar-refractivity contribution is -0.161. The molecule has 18 heteroatoms. The molecule has 4 aliphatic heterocycles. The van der Waals surface area contributed by atoms with Gasteiger partial charge in [0.1, 0.15) is 12.2 Å². The van der Waals surface area contributed by atoms with Crippen LogP contribution in [0.3, 0.4) is 0 Å². The summed E-state index contributed by atoms with van der Waals surface area (Å²) in [5, 5.41) is 0. The van der Waals surface area contributed by atoms with Crippen LogP contribution in [0.15, 0.2) is 72.8 Å². The number of carbonyl (C=O) groups is 4. The summed E-state index contributed by atoms with van der Waals surface area (Å²) in [6, 6.07) is 15.0. The SMILES string of the molecule is COc1cc([C@@H]2c3cc4c(cc3[C@H](OC(=O)C3CC5C=CC3C5)[C@H]3COC(=O)[C@@H]23)OCO4)cc(OC)c1OC.COc1cc([C@@H]2c3cc4c(cc3[C@H](OC(=O)C3CC5C=CC3C5)[C@H]3COC(=O)[C@@H]23)OCO4)cc(OC)c1OC. The molecule has 4 aromatic rings. The van der Waals surface area contributed by atoms with Crippen LogP contribution in [-0.4, -0.2) is 93.3 Å². The van der Waals surface area contributed by atoms with Gasteiger partial charge >= 0.3 is 23.9 Å². The fourth-order valence-corrected chi connectivity index (χ4v) is 14.4. The van der Waals surface area contributed by atoms with Crippen molar-refractivity contribution >= 4 is 23.9 Å². The summed E-state index contributed by atoms with van der Waals surface area (Å²) >= 11 is 0. The molecule has 18 nitrogen and oxygen atoms in total. The van der Waals surface area contributed by atoms with E-state index in [9.17, 15) is 19.2 Å². The first-order chi connectivity index (χ1) is 38.0. The number of allylic oxidation sites excluding steroid dienone is 4. The molecule has 6 aliphatic carbocycles. The maximum absolute atomic E-state index is 13.5. The Balaban J connectivity index is 0.000000148. The van der Waals surface area contributed by atoms with Gasteiger partial charge in [0.25, 0.3) is 0 Å². The van der Waals surface area contributed by atoms with Gasteiger partial charge in [-0.2, -0.15) is 0 Å². The first-order valence-corrected chi connectivity index (χ1v) is 26.6. The van der Waals surface area contributed by atoms with Crippen LogP contribution in [-0.2, 0) is 38.1 Å². The van der Waals surface area contributed by atoms with E-state index in [0.29, 0.717) is 69.3 Å². The highest BCUT2D eigenvalue weighted by atomic mass is 16.7. The third-order valence-corrected chi connectivity index (χ3v) is 18.0. The Kier molecular flexibility index (Phi) is 12.5. The molecular formula is C60H60O18. The molecule has 408 valence electrons. The molecule has 14 rings (SSSR count). The number of ether oxygens (including phenoxy) is 14. The molecule has 2 saturated heterocycles. The molecule has 4 fully saturated rings. The zero-order chi connectivity index (χ0) is 53.7. The molecule has 4 aromatic carbocycles. The van der Waals surface area contributed by atoms with Crippen LogP contribution in [0.1, 0.15) is 83.1 Å². The smallest absolute Gasteiger partial charge is 0.310 e. The fraction of sp³-hybridized carbons (Fsp3) is 0.467. The molecule has 0 amide bonds. The lowest BCUT2D eigenvalue weighted by Crippen LogP contribution is -2.37. The standard InChI is InChI=1S/2C30H30O9/c2*1-33-23-8-16(9-24(34-2)28(23)35-3)25-18-10-21-22(38-13-37-21)11-19(18)27(20-12-36-30(32)26(20)25)39-29(31)17-7-14-4-5-15(17)6-14/h2*4-5,8-11,14-15,17,20,25-27H,6-7,12-13H2,1-3H3/t2*14?,15?,17?,20-,25+,26+,27-/m00/s1. The van der Waals surface area contributed by atoms with Crippen molar-refractivity contribution in [1.82, 2.24) is 0 Å². The van der Waals surface area contributed by atoms with Crippen LogP contribution >= 0.6 is 0 Å². The first kappa shape index (κ1) is 49.8. The number of cyclic esters (lactones) is 2. The molecule has 14 atom stereocenters. The Bertz CT molecular complexity index is 2920. The van der Waals surface area contributed by atoms with Crippen molar-refractivity contribution in [3.8, 4) is 57.5 Å². The molecule has 0 N–H and O–H groups in total. The van der Waals surface area contributed by atoms with E-state index in [1.165, 1.54) is 0 Å². The Morgan fingerprint density at radius 2 is 0.795 bits per heavy atom. The van der Waals surface area contributed by atoms with Gasteiger partial charge in [0.05, 0.1) is 79.5 Å². The maximum Gasteiger partial charge on any atom is 0.310 e. The monoisotopic (exact) mass is 1070 g/mol. The molecule has 0 spiro atoms. The minimum atomic E-state index is -0.653. The van der Waals surface area contributed by atoms with E-state index in [1.807, 2.05) is 48.5 Å². The van der Waals surface area contributed by atoms with Crippen LogP contribution < -0.4 is 47.4 Å². The highest BCUT2D eigenvalue weighted by Crippen LogP contribution is 2.60. The third-order valence-electron chi connectivity index (χ3n) is 18.0. The Labute approximate surface area is 450 Å². The number of benzene rings is 4. The average molecular weight is 1070 g/mol. The summed E-state index contributed by atoms with van der Waals surface area (Å²) in [6.07, 6.45) is 11.0. The molecule has 78 heavy (non-hydrogen) atoms. The van der Waals surface area contributed by atoms with Gasteiger partial charge < -0.3 is 66.3 Å². The van der Waals surface area contributed by atoms with Gasteiger partial charge in [-0.25, -0.2) is 0 Å². The van der Waals surface area contributed by atoms with E-state index in [0.717, 1.165) is 59.1 Å². The Morgan fingerprint density at radius 3 is 1.10 bits per heavy atom. The van der Waals surface area contributed by atoms with Crippen LogP contribution in [0.2, 0.25) is 0 Å². The summed E-state index contributed by atoms with van der Waals surface area (Å²) in [4.78, 5) is 53.7. The van der Waals surface area contributed by atoms with Gasteiger partial charge in [0.2, 0.25) is 25.1 Å². The number of rotatable bonds is 12. The lowest BCUT2D eigenvalue weighted by Gasteiger charge is -2.39. The number of methoxy groups -OCH3 is 6. The van der Waals surface area contributed by atoms with E-state index in [-0.39, 0.29) is 86.2 Å². The Morgan fingerprint density at radius 1 is 0.436 bits per heavy atom. The summed E-state index contributed by atoms with van der Waals surface area (Å²) in [6.45, 7) is 0.521. The quantitative estimate of drug-likeness (QED) is 0.0745. The molecular weight excluding hydrogens is 1010 g/mol. The van der Waals surface area contributed by atoms with E-state index in [4.69, 9.17) is 66.3 Å². The van der Waals surface area contributed by atoms with Crippen molar-refractivity contribution in [2.24, 2.45) is 59.2 Å². The van der Waals surface area contributed by atoms with Crippen molar-refractivity contribution in [3.63, 3.8) is 0 Å². The molecule has 6 unspecified atom stereocenters. The second-order valence-corrected chi connectivity index (χ2v) is 21.7. The van der Waals surface area contributed by atoms with Crippen molar-refractivity contribution < 1.29 is 85.5 Å². The van der Waals surface area contributed by atoms with E-state index < -0.39 is 35.9 Å². The second-order valence-electron chi connectivity index (χ2n) is 21.7. The summed E-state index contributed by atoms with van der Waals surface area (Å²) in [7, 11) is 9.32. The predicted molar refractivity (Wildman–Crippen MR) is 272 cm³/mol. The van der Waals surface area contributed by atoms with Gasteiger partial charge in [-0.05, 0) is 120 Å². The van der Waals surface area contributed by atoms with Crippen LogP contribution in [0.25, 0.3) is 0 Å². The number of carbonyl (C=O) groups excluding carboxylic acids is 4. The second kappa shape index (κ2) is 19.6. The predicted octanol–water partition coefficient (Wildman–Crippen LogP) is 8.34. The number of esters is 4. The van der Waals surface area contributed by atoms with Crippen molar-refractivity contribution in [3.05, 3.63) is 106 Å². The first-order valence-electron chi connectivity index (χ1n) is 26.6. The van der Waals surface area contributed by atoms with Gasteiger partial charge in [0, 0.05) is 34.8 Å². The number of hydrogen-bond acceptors (Lipinski definition) is 18. The van der Waals surface area contributed by atoms with Crippen LogP contribution in [0.5, 0.6) is 57.5 Å². The topological polar surface area (TPSA) is 197 Å². The van der Waals surface area contributed by atoms with Gasteiger partial charge in [-0.15, -0.1) is 0 Å². The minimum Gasteiger partial charge on any atom is -0.493 e. The van der Waals surface area contributed by atoms with E-state index >= 15 is 0 Å². The van der Waals surface area contributed by atoms with E-state index in [1.54, 1.807) is 42.7 Å².